The van der Waals surface area contributed by atoms with E-state index in [1.165, 1.54) is 12.1 Å². The Hall–Kier alpha value is -1.04. The summed E-state index contributed by atoms with van der Waals surface area (Å²) in [4.78, 5) is 0. The van der Waals surface area contributed by atoms with Crippen molar-refractivity contribution in [2.24, 2.45) is 11.8 Å². The molecule has 0 aromatic heterocycles. The molecular weight excluding hydrogens is 238 g/mol. The van der Waals surface area contributed by atoms with E-state index >= 15 is 0 Å². The molecule has 0 radical (unpaired) electrons. The van der Waals surface area contributed by atoms with E-state index in [-0.39, 0.29) is 18.1 Å². The Morgan fingerprint density at radius 2 is 1.78 bits per heavy atom. The zero-order chi connectivity index (χ0) is 13.7. The van der Waals surface area contributed by atoms with E-state index in [9.17, 15) is 8.78 Å². The minimum absolute atomic E-state index is 0.124. The van der Waals surface area contributed by atoms with Crippen molar-refractivity contribution in [1.29, 1.82) is 0 Å². The Kier molecular flexibility index (Phi) is 5.65. The molecule has 0 saturated carbocycles. The van der Waals surface area contributed by atoms with Gasteiger partial charge in [0, 0.05) is 13.2 Å². The predicted molar refractivity (Wildman–Crippen MR) is 66.8 cm³/mol. The minimum Gasteiger partial charge on any atom is -0.380 e. The van der Waals surface area contributed by atoms with Crippen LogP contribution in [-0.2, 0) is 11.2 Å². The lowest BCUT2D eigenvalue weighted by molar-refractivity contribution is 0.0332. The number of rotatable bonds is 6. The number of hydrogen-bond donors (Lipinski definition) is 2. The molecule has 18 heavy (non-hydrogen) atoms. The Morgan fingerprint density at radius 3 is 2.17 bits per heavy atom. The van der Waals surface area contributed by atoms with Gasteiger partial charge >= 0.3 is 0 Å². The summed E-state index contributed by atoms with van der Waals surface area (Å²) in [6.07, 6.45) is 0.281. The smallest absolute Gasteiger partial charge is 0.126 e. The number of ether oxygens (including phenoxy) is 1. The fraction of sp³-hybridized carbons (Fsp3) is 0.538. The van der Waals surface area contributed by atoms with Crippen LogP contribution in [0.2, 0.25) is 0 Å². The Bertz CT molecular complexity index is 365. The quantitative estimate of drug-likeness (QED) is 0.606. The number of hydrazine groups is 1. The van der Waals surface area contributed by atoms with Crippen LogP contribution in [0.5, 0.6) is 0 Å². The minimum atomic E-state index is -0.584. The van der Waals surface area contributed by atoms with Gasteiger partial charge in [0.15, 0.2) is 0 Å². The Morgan fingerprint density at radius 1 is 1.22 bits per heavy atom. The third-order valence-corrected chi connectivity index (χ3v) is 2.92. The van der Waals surface area contributed by atoms with Gasteiger partial charge in [-0.15, -0.1) is 0 Å². The van der Waals surface area contributed by atoms with Gasteiger partial charge < -0.3 is 4.74 Å². The molecule has 0 aliphatic heterocycles. The van der Waals surface area contributed by atoms with Crippen LogP contribution in [0.25, 0.3) is 0 Å². The van der Waals surface area contributed by atoms with Crippen molar-refractivity contribution in [2.45, 2.75) is 32.4 Å². The molecule has 0 heterocycles. The van der Waals surface area contributed by atoms with Gasteiger partial charge in [0.1, 0.15) is 11.6 Å². The summed E-state index contributed by atoms with van der Waals surface area (Å²) < 4.78 is 31.6. The van der Waals surface area contributed by atoms with Crippen molar-refractivity contribution in [1.82, 2.24) is 5.43 Å². The van der Waals surface area contributed by atoms with Crippen molar-refractivity contribution >= 4 is 0 Å². The average molecular weight is 258 g/mol. The SMILES string of the molecule is COC(C(C)C)C(Cc1cc(F)cc(F)c1)NN. The lowest BCUT2D eigenvalue weighted by Gasteiger charge is -2.28. The number of methoxy groups -OCH3 is 1. The van der Waals surface area contributed by atoms with Crippen LogP contribution in [0, 0.1) is 17.6 Å². The first-order valence-electron chi connectivity index (χ1n) is 5.91. The molecule has 5 heteroatoms. The van der Waals surface area contributed by atoms with Gasteiger partial charge in [-0.25, -0.2) is 8.78 Å². The normalized spacial score (nSPS) is 14.8. The number of nitrogens with one attached hydrogen (secondary N) is 1. The second-order valence-corrected chi connectivity index (χ2v) is 4.70. The van der Waals surface area contributed by atoms with Crippen molar-refractivity contribution in [2.75, 3.05) is 7.11 Å². The van der Waals surface area contributed by atoms with Gasteiger partial charge in [-0.05, 0) is 30.0 Å². The van der Waals surface area contributed by atoms with Crippen molar-refractivity contribution in [3.05, 3.63) is 35.4 Å². The molecule has 0 bridgehead atoms. The van der Waals surface area contributed by atoms with E-state index in [2.05, 4.69) is 5.43 Å². The number of benzene rings is 1. The average Bonchev–Trinajstić information content (AvgIpc) is 2.26. The highest BCUT2D eigenvalue weighted by atomic mass is 19.1. The fourth-order valence-electron chi connectivity index (χ4n) is 2.15. The second-order valence-electron chi connectivity index (χ2n) is 4.70. The highest BCUT2D eigenvalue weighted by molar-refractivity contribution is 5.19. The molecule has 2 atom stereocenters. The predicted octanol–water partition coefficient (Wildman–Crippen LogP) is 2.01. The van der Waals surface area contributed by atoms with Gasteiger partial charge in [-0.2, -0.15) is 0 Å². The molecule has 3 nitrogen and oxygen atoms in total. The monoisotopic (exact) mass is 258 g/mol. The summed E-state index contributed by atoms with van der Waals surface area (Å²) in [6.45, 7) is 4.01. The summed E-state index contributed by atoms with van der Waals surface area (Å²) in [5.74, 6) is 4.57. The molecule has 102 valence electrons. The lowest BCUT2D eigenvalue weighted by atomic mass is 9.94. The number of halogens is 2. The van der Waals surface area contributed by atoms with Crippen molar-refractivity contribution in [3.8, 4) is 0 Å². The molecule has 2 unspecified atom stereocenters. The van der Waals surface area contributed by atoms with E-state index in [1.54, 1.807) is 7.11 Å². The van der Waals surface area contributed by atoms with Crippen LogP contribution in [0.3, 0.4) is 0 Å². The van der Waals surface area contributed by atoms with Crippen LogP contribution in [0.15, 0.2) is 18.2 Å². The number of hydrogen-bond acceptors (Lipinski definition) is 3. The molecule has 1 rings (SSSR count). The Balaban J connectivity index is 2.84. The molecule has 0 amide bonds. The van der Waals surface area contributed by atoms with Crippen LogP contribution < -0.4 is 11.3 Å². The van der Waals surface area contributed by atoms with E-state index in [1.807, 2.05) is 13.8 Å². The molecule has 3 N–H and O–H groups in total. The molecule has 1 aromatic rings. The first-order chi connectivity index (χ1) is 8.47. The maximum atomic E-state index is 13.1. The van der Waals surface area contributed by atoms with Gasteiger partial charge in [-0.1, -0.05) is 13.8 Å². The van der Waals surface area contributed by atoms with E-state index in [4.69, 9.17) is 10.6 Å². The Labute approximate surface area is 106 Å². The van der Waals surface area contributed by atoms with E-state index < -0.39 is 11.6 Å². The van der Waals surface area contributed by atoms with Crippen molar-refractivity contribution in [3.63, 3.8) is 0 Å². The zero-order valence-electron chi connectivity index (χ0n) is 10.9. The molecular formula is C13H20F2N2O. The topological polar surface area (TPSA) is 47.3 Å². The largest absolute Gasteiger partial charge is 0.380 e. The first-order valence-corrected chi connectivity index (χ1v) is 5.91. The third kappa shape index (κ3) is 4.01. The van der Waals surface area contributed by atoms with Gasteiger partial charge in [0.05, 0.1) is 12.1 Å². The fourth-order valence-corrected chi connectivity index (χ4v) is 2.15. The van der Waals surface area contributed by atoms with Gasteiger partial charge in [0.2, 0.25) is 0 Å². The van der Waals surface area contributed by atoms with Gasteiger partial charge in [0.25, 0.3) is 0 Å². The maximum absolute atomic E-state index is 13.1. The van der Waals surface area contributed by atoms with Crippen LogP contribution in [0.4, 0.5) is 8.78 Å². The number of nitrogens with two attached hydrogens (primary N) is 1. The highest BCUT2D eigenvalue weighted by Gasteiger charge is 2.23. The highest BCUT2D eigenvalue weighted by Crippen LogP contribution is 2.16. The van der Waals surface area contributed by atoms with Crippen LogP contribution in [0.1, 0.15) is 19.4 Å². The zero-order valence-corrected chi connectivity index (χ0v) is 10.9. The molecule has 0 saturated heterocycles. The summed E-state index contributed by atoms with van der Waals surface area (Å²) in [6, 6.07) is 3.27. The van der Waals surface area contributed by atoms with E-state index in [0.29, 0.717) is 12.0 Å². The van der Waals surface area contributed by atoms with Crippen molar-refractivity contribution < 1.29 is 13.5 Å². The van der Waals surface area contributed by atoms with Crippen LogP contribution >= 0.6 is 0 Å². The molecule has 0 aliphatic carbocycles. The van der Waals surface area contributed by atoms with Crippen LogP contribution in [-0.4, -0.2) is 19.3 Å². The summed E-state index contributed by atoms with van der Waals surface area (Å²) in [7, 11) is 1.60. The summed E-state index contributed by atoms with van der Waals surface area (Å²) in [5.41, 5.74) is 3.21. The molecule has 0 fully saturated rings. The van der Waals surface area contributed by atoms with E-state index in [0.717, 1.165) is 6.07 Å². The molecule has 1 aromatic carbocycles. The first kappa shape index (κ1) is 15.0. The standard InChI is InChI=1S/C13H20F2N2O/c1-8(2)13(18-3)12(17-16)6-9-4-10(14)7-11(15)5-9/h4-5,7-8,12-13,17H,6,16H2,1-3H3. The van der Waals surface area contributed by atoms with Gasteiger partial charge in [-0.3, -0.25) is 11.3 Å². The summed E-state index contributed by atoms with van der Waals surface area (Å²) in [5, 5.41) is 0. The maximum Gasteiger partial charge on any atom is 0.126 e. The molecule has 0 spiro atoms. The summed E-state index contributed by atoms with van der Waals surface area (Å²) >= 11 is 0. The lowest BCUT2D eigenvalue weighted by Crippen LogP contribution is -2.48. The third-order valence-electron chi connectivity index (χ3n) is 2.92. The molecule has 0 aliphatic rings. The second kappa shape index (κ2) is 6.78.